The largest absolute Gasteiger partial charge is 0.480 e. The predicted molar refractivity (Wildman–Crippen MR) is 68.0 cm³/mol. The highest BCUT2D eigenvalue weighted by Crippen LogP contribution is 2.06. The third kappa shape index (κ3) is 7.24. The van der Waals surface area contributed by atoms with Crippen LogP contribution in [0.3, 0.4) is 0 Å². The lowest BCUT2D eigenvalue weighted by atomic mass is 10.0. The van der Waals surface area contributed by atoms with Crippen LogP contribution in [0.1, 0.15) is 40.5 Å². The smallest absolute Gasteiger partial charge is 0.322 e. The summed E-state index contributed by atoms with van der Waals surface area (Å²) in [6.07, 6.45) is 0.882. The van der Waals surface area contributed by atoms with Crippen LogP contribution in [0.15, 0.2) is 0 Å². The van der Waals surface area contributed by atoms with Crippen LogP contribution in [0, 0.1) is 11.8 Å². The fourth-order valence-corrected chi connectivity index (χ4v) is 1.59. The molecule has 0 bridgehead atoms. The first-order chi connectivity index (χ1) is 8.23. The van der Waals surface area contributed by atoms with Gasteiger partial charge in [0.25, 0.3) is 0 Å². The van der Waals surface area contributed by atoms with Gasteiger partial charge >= 0.3 is 11.9 Å². The topological polar surface area (TPSA) is 98.7 Å². The molecule has 0 spiro atoms. The number of hydrogen-bond acceptors (Lipinski definition) is 4. The van der Waals surface area contributed by atoms with Crippen LogP contribution in [0.5, 0.6) is 0 Å². The summed E-state index contributed by atoms with van der Waals surface area (Å²) in [6.45, 7) is 7.67. The first kappa shape index (κ1) is 16.9. The highest BCUT2D eigenvalue weighted by molar-refractivity contribution is 5.74. The van der Waals surface area contributed by atoms with Crippen molar-refractivity contribution in [1.82, 2.24) is 10.9 Å². The van der Waals surface area contributed by atoms with E-state index >= 15 is 0 Å². The molecule has 18 heavy (non-hydrogen) atoms. The van der Waals surface area contributed by atoms with E-state index in [4.69, 9.17) is 10.2 Å². The SMILES string of the molecule is CC(C)C[C@H](NN[C@@H](CC(C)C)C(=O)O)C(=O)O. The van der Waals surface area contributed by atoms with Gasteiger partial charge in [0.1, 0.15) is 12.1 Å². The molecule has 0 amide bonds. The molecule has 0 heterocycles. The highest BCUT2D eigenvalue weighted by Gasteiger charge is 2.23. The van der Waals surface area contributed by atoms with Crippen LogP contribution >= 0.6 is 0 Å². The van der Waals surface area contributed by atoms with E-state index in [2.05, 4.69) is 10.9 Å². The molecule has 0 aliphatic carbocycles. The van der Waals surface area contributed by atoms with Gasteiger partial charge in [-0.15, -0.1) is 0 Å². The van der Waals surface area contributed by atoms with Gasteiger partial charge in [0, 0.05) is 0 Å². The number of nitrogens with one attached hydrogen (secondary N) is 2. The molecule has 0 aliphatic heterocycles. The van der Waals surface area contributed by atoms with Crippen LogP contribution in [0.4, 0.5) is 0 Å². The van der Waals surface area contributed by atoms with Crippen LogP contribution in [0.25, 0.3) is 0 Å². The van der Waals surface area contributed by atoms with Crippen molar-refractivity contribution < 1.29 is 19.8 Å². The predicted octanol–water partition coefficient (Wildman–Crippen LogP) is 1.08. The minimum absolute atomic E-state index is 0.216. The van der Waals surface area contributed by atoms with Crippen molar-refractivity contribution in [2.45, 2.75) is 52.6 Å². The van der Waals surface area contributed by atoms with E-state index in [0.29, 0.717) is 12.8 Å². The third-order valence-corrected chi connectivity index (χ3v) is 2.44. The molecule has 0 aromatic rings. The van der Waals surface area contributed by atoms with E-state index in [1.807, 2.05) is 27.7 Å². The summed E-state index contributed by atoms with van der Waals surface area (Å²) in [5.41, 5.74) is 5.21. The fourth-order valence-electron chi connectivity index (χ4n) is 1.59. The van der Waals surface area contributed by atoms with Gasteiger partial charge in [-0.1, -0.05) is 27.7 Å². The summed E-state index contributed by atoms with van der Waals surface area (Å²) < 4.78 is 0. The summed E-state index contributed by atoms with van der Waals surface area (Å²) >= 11 is 0. The minimum Gasteiger partial charge on any atom is -0.480 e. The number of aliphatic carboxylic acids is 2. The van der Waals surface area contributed by atoms with Crippen LogP contribution in [-0.4, -0.2) is 34.2 Å². The summed E-state index contributed by atoms with van der Waals surface area (Å²) in [6, 6.07) is -1.56. The standard InChI is InChI=1S/C12H24N2O4/c1-7(2)5-9(11(15)16)13-14-10(12(17)18)6-8(3)4/h7-10,13-14H,5-6H2,1-4H3,(H,15,16)(H,17,18)/t9-,10-/m0/s1. The fraction of sp³-hybridized carbons (Fsp3) is 0.833. The maximum Gasteiger partial charge on any atom is 0.322 e. The van der Waals surface area contributed by atoms with Crippen LogP contribution in [-0.2, 0) is 9.59 Å². The summed E-state index contributed by atoms with van der Waals surface area (Å²) in [7, 11) is 0. The van der Waals surface area contributed by atoms with Gasteiger partial charge in [-0.25, -0.2) is 10.9 Å². The van der Waals surface area contributed by atoms with Crippen molar-refractivity contribution in [3.8, 4) is 0 Å². The van der Waals surface area contributed by atoms with E-state index in [9.17, 15) is 9.59 Å². The molecule has 4 N–H and O–H groups in total. The Morgan fingerprint density at radius 2 is 1.11 bits per heavy atom. The van der Waals surface area contributed by atoms with Gasteiger partial charge < -0.3 is 10.2 Å². The molecule has 0 unspecified atom stereocenters. The Morgan fingerprint density at radius 1 is 0.833 bits per heavy atom. The number of carbonyl (C=O) groups is 2. The number of carboxylic acids is 2. The first-order valence-corrected chi connectivity index (χ1v) is 6.20. The summed E-state index contributed by atoms with van der Waals surface area (Å²) in [5.74, 6) is -1.53. The van der Waals surface area contributed by atoms with E-state index < -0.39 is 24.0 Å². The van der Waals surface area contributed by atoms with Crippen molar-refractivity contribution >= 4 is 11.9 Å². The van der Waals surface area contributed by atoms with Crippen LogP contribution in [0.2, 0.25) is 0 Å². The molecule has 0 aromatic carbocycles. The van der Waals surface area contributed by atoms with Crippen molar-refractivity contribution in [2.75, 3.05) is 0 Å². The molecule has 0 saturated heterocycles. The van der Waals surface area contributed by atoms with Crippen molar-refractivity contribution in [3.05, 3.63) is 0 Å². The van der Waals surface area contributed by atoms with Gasteiger partial charge in [0.05, 0.1) is 0 Å². The van der Waals surface area contributed by atoms with E-state index in [1.165, 1.54) is 0 Å². The molecule has 0 saturated carbocycles. The lowest BCUT2D eigenvalue weighted by Crippen LogP contribution is -2.53. The Labute approximate surface area is 108 Å². The Kier molecular flexibility index (Phi) is 7.54. The molecule has 106 valence electrons. The molecular formula is C12H24N2O4. The van der Waals surface area contributed by atoms with Crippen molar-refractivity contribution in [3.63, 3.8) is 0 Å². The third-order valence-electron chi connectivity index (χ3n) is 2.44. The molecule has 6 heteroatoms. The average molecular weight is 260 g/mol. The van der Waals surface area contributed by atoms with E-state index in [0.717, 1.165) is 0 Å². The molecule has 0 radical (unpaired) electrons. The highest BCUT2D eigenvalue weighted by atomic mass is 16.4. The Morgan fingerprint density at radius 3 is 1.28 bits per heavy atom. The number of hydrazine groups is 1. The molecule has 0 rings (SSSR count). The van der Waals surface area contributed by atoms with Gasteiger partial charge in [0.15, 0.2) is 0 Å². The maximum absolute atomic E-state index is 11.0. The first-order valence-electron chi connectivity index (χ1n) is 6.20. The number of carboxylic acid groups (broad SMARTS) is 2. The van der Waals surface area contributed by atoms with Crippen molar-refractivity contribution in [1.29, 1.82) is 0 Å². The van der Waals surface area contributed by atoms with Gasteiger partial charge in [-0.2, -0.15) is 0 Å². The quantitative estimate of drug-likeness (QED) is 0.463. The zero-order chi connectivity index (χ0) is 14.3. The summed E-state index contributed by atoms with van der Waals surface area (Å²) in [5, 5.41) is 18.0. The lowest BCUT2D eigenvalue weighted by molar-refractivity contribution is -0.143. The van der Waals surface area contributed by atoms with E-state index in [-0.39, 0.29) is 11.8 Å². The number of hydrogen-bond donors (Lipinski definition) is 4. The zero-order valence-electron chi connectivity index (χ0n) is 11.4. The maximum atomic E-state index is 11.0. The molecule has 6 nitrogen and oxygen atoms in total. The second-order valence-corrected chi connectivity index (χ2v) is 5.33. The van der Waals surface area contributed by atoms with Crippen molar-refractivity contribution in [2.24, 2.45) is 11.8 Å². The average Bonchev–Trinajstić information content (AvgIpc) is 2.20. The zero-order valence-corrected chi connectivity index (χ0v) is 11.4. The van der Waals surface area contributed by atoms with Gasteiger partial charge in [-0.05, 0) is 24.7 Å². The second kappa shape index (κ2) is 8.05. The van der Waals surface area contributed by atoms with Gasteiger partial charge in [-0.3, -0.25) is 9.59 Å². The summed E-state index contributed by atoms with van der Waals surface area (Å²) in [4.78, 5) is 22.0. The Bertz CT molecular complexity index is 251. The molecular weight excluding hydrogens is 236 g/mol. The monoisotopic (exact) mass is 260 g/mol. The van der Waals surface area contributed by atoms with Gasteiger partial charge in [0.2, 0.25) is 0 Å². The minimum atomic E-state index is -0.982. The second-order valence-electron chi connectivity index (χ2n) is 5.33. The Balaban J connectivity index is 4.37. The lowest BCUT2D eigenvalue weighted by Gasteiger charge is -2.21. The normalized spacial score (nSPS) is 14.8. The van der Waals surface area contributed by atoms with Crippen LogP contribution < -0.4 is 10.9 Å². The Hall–Kier alpha value is -1.14. The molecule has 2 atom stereocenters. The molecule has 0 fully saturated rings. The molecule has 0 aliphatic rings. The molecule has 0 aromatic heterocycles. The van der Waals surface area contributed by atoms with E-state index in [1.54, 1.807) is 0 Å². The number of rotatable bonds is 9.